The topological polar surface area (TPSA) is 61.2 Å². The SMILES string of the molecule is CCCCn1nc(C(=O)Oc2ccc(Cl)cc2C)c2ccccc2c1=O. The van der Waals surface area contributed by atoms with Gasteiger partial charge in [0.15, 0.2) is 5.69 Å². The smallest absolute Gasteiger partial charge is 0.364 e. The molecule has 0 spiro atoms. The molecular weight excluding hydrogens is 352 g/mol. The third kappa shape index (κ3) is 3.63. The number of aryl methyl sites for hydroxylation is 2. The molecule has 0 amide bonds. The number of fused-ring (bicyclic) bond motifs is 1. The number of aromatic nitrogens is 2. The Bertz CT molecular complexity index is 1030. The molecular formula is C20H19ClN2O3. The lowest BCUT2D eigenvalue weighted by Gasteiger charge is -2.11. The molecule has 0 fully saturated rings. The molecule has 0 N–H and O–H groups in total. The summed E-state index contributed by atoms with van der Waals surface area (Å²) in [5.74, 6) is -0.187. The van der Waals surface area contributed by atoms with E-state index < -0.39 is 5.97 Å². The average Bonchev–Trinajstić information content (AvgIpc) is 2.63. The number of esters is 1. The van der Waals surface area contributed by atoms with E-state index in [-0.39, 0.29) is 11.3 Å². The summed E-state index contributed by atoms with van der Waals surface area (Å²) in [6.45, 7) is 4.30. The summed E-state index contributed by atoms with van der Waals surface area (Å²) < 4.78 is 6.86. The maximum absolute atomic E-state index is 12.8. The van der Waals surface area contributed by atoms with E-state index in [1.807, 2.05) is 13.8 Å². The van der Waals surface area contributed by atoms with Crippen molar-refractivity contribution < 1.29 is 9.53 Å². The minimum atomic E-state index is -0.600. The highest BCUT2D eigenvalue weighted by Crippen LogP contribution is 2.23. The summed E-state index contributed by atoms with van der Waals surface area (Å²) in [6.07, 6.45) is 1.72. The second kappa shape index (κ2) is 7.70. The molecule has 1 aromatic heterocycles. The summed E-state index contributed by atoms with van der Waals surface area (Å²) in [6, 6.07) is 12.0. The third-order valence-corrected chi connectivity index (χ3v) is 4.36. The van der Waals surface area contributed by atoms with Crippen LogP contribution in [0.2, 0.25) is 5.02 Å². The zero-order valence-corrected chi connectivity index (χ0v) is 15.4. The molecule has 3 rings (SSSR count). The van der Waals surface area contributed by atoms with E-state index >= 15 is 0 Å². The third-order valence-electron chi connectivity index (χ3n) is 4.12. The predicted octanol–water partition coefficient (Wildman–Crippen LogP) is 4.38. The van der Waals surface area contributed by atoms with Crippen molar-refractivity contribution in [1.29, 1.82) is 0 Å². The maximum Gasteiger partial charge on any atom is 0.364 e. The Balaban J connectivity index is 2.06. The van der Waals surface area contributed by atoms with E-state index in [4.69, 9.17) is 16.3 Å². The molecule has 6 heteroatoms. The van der Waals surface area contributed by atoms with E-state index in [1.165, 1.54) is 4.68 Å². The summed E-state index contributed by atoms with van der Waals surface area (Å²) in [7, 11) is 0. The van der Waals surface area contributed by atoms with Crippen molar-refractivity contribution in [2.45, 2.75) is 33.2 Å². The Morgan fingerprint density at radius 2 is 1.92 bits per heavy atom. The Kier molecular flexibility index (Phi) is 5.38. The summed E-state index contributed by atoms with van der Waals surface area (Å²) in [5.41, 5.74) is 0.674. The summed E-state index contributed by atoms with van der Waals surface area (Å²) >= 11 is 5.94. The van der Waals surface area contributed by atoms with Crippen LogP contribution in [-0.2, 0) is 6.54 Å². The molecule has 0 aliphatic rings. The van der Waals surface area contributed by atoms with Gasteiger partial charge in [0.05, 0.1) is 5.39 Å². The number of nitrogens with zero attached hydrogens (tertiary/aromatic N) is 2. The van der Waals surface area contributed by atoms with Gasteiger partial charge in [-0.1, -0.05) is 43.1 Å². The summed E-state index contributed by atoms with van der Waals surface area (Å²) in [4.78, 5) is 25.4. The minimum Gasteiger partial charge on any atom is -0.421 e. The fourth-order valence-corrected chi connectivity index (χ4v) is 2.95. The van der Waals surface area contributed by atoms with E-state index in [9.17, 15) is 9.59 Å². The van der Waals surface area contributed by atoms with Crippen LogP contribution in [0.5, 0.6) is 5.75 Å². The number of rotatable bonds is 5. The first-order chi connectivity index (χ1) is 12.5. The van der Waals surface area contributed by atoms with Gasteiger partial charge in [0.25, 0.3) is 5.56 Å². The standard InChI is InChI=1S/C20H19ClN2O3/c1-3-4-11-23-19(24)16-8-6-5-7-15(16)18(22-23)20(25)26-17-10-9-14(21)12-13(17)2/h5-10,12H,3-4,11H2,1-2H3. The molecule has 5 nitrogen and oxygen atoms in total. The zero-order valence-electron chi connectivity index (χ0n) is 14.7. The average molecular weight is 371 g/mol. The summed E-state index contributed by atoms with van der Waals surface area (Å²) in [5, 5.41) is 5.80. The molecule has 134 valence electrons. The highest BCUT2D eigenvalue weighted by molar-refractivity contribution is 6.30. The molecule has 0 unspecified atom stereocenters. The van der Waals surface area contributed by atoms with Gasteiger partial charge < -0.3 is 4.74 Å². The second-order valence-electron chi connectivity index (χ2n) is 6.08. The van der Waals surface area contributed by atoms with Crippen molar-refractivity contribution >= 4 is 28.3 Å². The molecule has 0 aliphatic heterocycles. The van der Waals surface area contributed by atoms with Gasteiger partial charge in [0.1, 0.15) is 5.75 Å². The zero-order chi connectivity index (χ0) is 18.7. The number of benzene rings is 2. The van der Waals surface area contributed by atoms with Gasteiger partial charge in [-0.25, -0.2) is 9.48 Å². The highest BCUT2D eigenvalue weighted by atomic mass is 35.5. The fraction of sp³-hybridized carbons (Fsp3) is 0.250. The van der Waals surface area contributed by atoms with Gasteiger partial charge in [-0.2, -0.15) is 5.10 Å². The van der Waals surface area contributed by atoms with E-state index in [1.54, 1.807) is 42.5 Å². The first-order valence-corrected chi connectivity index (χ1v) is 8.87. The Morgan fingerprint density at radius 1 is 1.19 bits per heavy atom. The van der Waals surface area contributed by atoms with Gasteiger partial charge >= 0.3 is 5.97 Å². The first-order valence-electron chi connectivity index (χ1n) is 8.49. The number of halogens is 1. The molecule has 2 aromatic carbocycles. The molecule has 0 radical (unpaired) electrons. The van der Waals surface area contributed by atoms with Crippen LogP contribution in [-0.4, -0.2) is 15.7 Å². The molecule has 0 atom stereocenters. The van der Waals surface area contributed by atoms with E-state index in [0.29, 0.717) is 28.1 Å². The highest BCUT2D eigenvalue weighted by Gasteiger charge is 2.19. The number of carbonyl (C=O) groups is 1. The van der Waals surface area contributed by atoms with Crippen LogP contribution < -0.4 is 10.3 Å². The van der Waals surface area contributed by atoms with Crippen LogP contribution in [0.1, 0.15) is 35.8 Å². The van der Waals surface area contributed by atoms with Gasteiger partial charge in [-0.3, -0.25) is 4.79 Å². The van der Waals surface area contributed by atoms with Gasteiger partial charge in [-0.05, 0) is 43.2 Å². The van der Waals surface area contributed by atoms with Crippen LogP contribution in [0, 0.1) is 6.92 Å². The molecule has 0 saturated carbocycles. The monoisotopic (exact) mass is 370 g/mol. The quantitative estimate of drug-likeness (QED) is 0.494. The number of ether oxygens (including phenoxy) is 1. The fourth-order valence-electron chi connectivity index (χ4n) is 2.72. The Morgan fingerprint density at radius 3 is 2.62 bits per heavy atom. The number of hydrogen-bond donors (Lipinski definition) is 0. The van der Waals surface area contributed by atoms with Crippen LogP contribution >= 0.6 is 11.6 Å². The van der Waals surface area contributed by atoms with Gasteiger partial charge in [0, 0.05) is 17.0 Å². The van der Waals surface area contributed by atoms with Crippen molar-refractivity contribution in [2.24, 2.45) is 0 Å². The lowest BCUT2D eigenvalue weighted by atomic mass is 10.1. The Hall–Kier alpha value is -2.66. The van der Waals surface area contributed by atoms with Crippen molar-refractivity contribution in [3.63, 3.8) is 0 Å². The van der Waals surface area contributed by atoms with Gasteiger partial charge in [-0.15, -0.1) is 0 Å². The Labute approximate surface area is 156 Å². The van der Waals surface area contributed by atoms with Crippen molar-refractivity contribution in [3.05, 3.63) is 69.1 Å². The molecule has 0 saturated heterocycles. The van der Waals surface area contributed by atoms with Crippen molar-refractivity contribution in [2.75, 3.05) is 0 Å². The first kappa shape index (κ1) is 18.1. The number of unbranched alkanes of at least 4 members (excludes halogenated alkanes) is 1. The van der Waals surface area contributed by atoms with Crippen molar-refractivity contribution in [1.82, 2.24) is 9.78 Å². The van der Waals surface area contributed by atoms with Gasteiger partial charge in [0.2, 0.25) is 0 Å². The maximum atomic E-state index is 12.8. The largest absolute Gasteiger partial charge is 0.421 e. The van der Waals surface area contributed by atoms with E-state index in [2.05, 4.69) is 5.10 Å². The molecule has 3 aromatic rings. The van der Waals surface area contributed by atoms with Crippen LogP contribution in [0.3, 0.4) is 0 Å². The number of carbonyl (C=O) groups excluding carboxylic acids is 1. The van der Waals surface area contributed by atoms with E-state index in [0.717, 1.165) is 18.4 Å². The number of hydrogen-bond acceptors (Lipinski definition) is 4. The molecule has 0 bridgehead atoms. The van der Waals surface area contributed by atoms with Crippen LogP contribution in [0.15, 0.2) is 47.3 Å². The van der Waals surface area contributed by atoms with Crippen LogP contribution in [0.25, 0.3) is 10.8 Å². The van der Waals surface area contributed by atoms with Crippen LogP contribution in [0.4, 0.5) is 0 Å². The lowest BCUT2D eigenvalue weighted by molar-refractivity contribution is 0.0726. The van der Waals surface area contributed by atoms with Crippen molar-refractivity contribution in [3.8, 4) is 5.75 Å². The molecule has 0 aliphatic carbocycles. The normalized spacial score (nSPS) is 10.9. The molecule has 26 heavy (non-hydrogen) atoms. The second-order valence-corrected chi connectivity index (χ2v) is 6.51. The predicted molar refractivity (Wildman–Crippen MR) is 102 cm³/mol. The molecule has 1 heterocycles. The lowest BCUT2D eigenvalue weighted by Crippen LogP contribution is -2.27. The minimum absolute atomic E-state index is 0.130.